The monoisotopic (exact) mass is 339 g/mol. The summed E-state index contributed by atoms with van der Waals surface area (Å²) in [5.74, 6) is -1.03. The lowest BCUT2D eigenvalue weighted by Crippen LogP contribution is -2.02. The Balaban J connectivity index is 2.12. The number of carboxylic acid groups (broad SMARTS) is 1. The predicted octanol–water partition coefficient (Wildman–Crippen LogP) is 4.41. The average Bonchev–Trinajstić information content (AvgIpc) is 2.37. The smallest absolute Gasteiger partial charge is 0.337 e. The molecule has 0 saturated carbocycles. The number of benzene rings is 2. The van der Waals surface area contributed by atoms with Crippen LogP contribution in [0, 0.1) is 0 Å². The predicted molar refractivity (Wildman–Crippen MR) is 79.9 cm³/mol. The molecule has 0 bridgehead atoms. The van der Waals surface area contributed by atoms with Gasteiger partial charge in [0.05, 0.1) is 10.6 Å². The molecule has 3 nitrogen and oxygen atoms in total. The molecule has 2 aromatic carbocycles. The molecule has 0 atom stereocenters. The summed E-state index contributed by atoms with van der Waals surface area (Å²) in [6, 6.07) is 12.8. The maximum absolute atomic E-state index is 11.0. The SMILES string of the molecule is O=C(O)c1cc(NCc2cccc(Br)c2)ccc1Cl. The molecule has 0 unspecified atom stereocenters. The van der Waals surface area contributed by atoms with Gasteiger partial charge in [0, 0.05) is 16.7 Å². The van der Waals surface area contributed by atoms with Crippen LogP contribution in [-0.4, -0.2) is 11.1 Å². The van der Waals surface area contributed by atoms with Crippen molar-refractivity contribution >= 4 is 39.2 Å². The summed E-state index contributed by atoms with van der Waals surface area (Å²) in [6.07, 6.45) is 0. The van der Waals surface area contributed by atoms with Gasteiger partial charge in [0.15, 0.2) is 0 Å². The van der Waals surface area contributed by atoms with E-state index < -0.39 is 5.97 Å². The fraction of sp³-hybridized carbons (Fsp3) is 0.0714. The van der Waals surface area contributed by atoms with Crippen molar-refractivity contribution in [3.8, 4) is 0 Å². The second-order valence-corrected chi connectivity index (χ2v) is 5.31. The van der Waals surface area contributed by atoms with Crippen LogP contribution in [0.5, 0.6) is 0 Å². The quantitative estimate of drug-likeness (QED) is 0.866. The highest BCUT2D eigenvalue weighted by molar-refractivity contribution is 9.10. The normalized spacial score (nSPS) is 10.2. The molecule has 0 aliphatic heterocycles. The lowest BCUT2D eigenvalue weighted by molar-refractivity contribution is 0.0697. The van der Waals surface area contributed by atoms with E-state index in [1.807, 2.05) is 24.3 Å². The van der Waals surface area contributed by atoms with Crippen LogP contribution in [0.3, 0.4) is 0 Å². The second-order valence-electron chi connectivity index (χ2n) is 3.98. The topological polar surface area (TPSA) is 49.3 Å². The van der Waals surface area contributed by atoms with Crippen molar-refractivity contribution in [3.63, 3.8) is 0 Å². The fourth-order valence-electron chi connectivity index (χ4n) is 1.65. The number of hydrogen-bond donors (Lipinski definition) is 2. The van der Waals surface area contributed by atoms with Gasteiger partial charge in [-0.05, 0) is 35.9 Å². The number of anilines is 1. The molecule has 2 aromatic rings. The van der Waals surface area contributed by atoms with Crippen LogP contribution in [0.15, 0.2) is 46.9 Å². The molecule has 19 heavy (non-hydrogen) atoms. The first kappa shape index (κ1) is 13.9. The fourth-order valence-corrected chi connectivity index (χ4v) is 2.30. The minimum absolute atomic E-state index is 0.0981. The summed E-state index contributed by atoms with van der Waals surface area (Å²) < 4.78 is 1.01. The van der Waals surface area contributed by atoms with Gasteiger partial charge in [0.1, 0.15) is 0 Å². The van der Waals surface area contributed by atoms with Gasteiger partial charge in [-0.25, -0.2) is 4.79 Å². The highest BCUT2D eigenvalue weighted by Crippen LogP contribution is 2.21. The number of carboxylic acids is 1. The van der Waals surface area contributed by atoms with Gasteiger partial charge in [-0.2, -0.15) is 0 Å². The van der Waals surface area contributed by atoms with E-state index in [4.69, 9.17) is 16.7 Å². The first-order chi connectivity index (χ1) is 9.06. The summed E-state index contributed by atoms with van der Waals surface area (Å²) in [6.45, 7) is 0.611. The molecule has 0 aliphatic rings. The van der Waals surface area contributed by atoms with E-state index in [0.29, 0.717) is 6.54 Å². The molecule has 0 saturated heterocycles. The van der Waals surface area contributed by atoms with Crippen LogP contribution in [0.1, 0.15) is 15.9 Å². The molecule has 0 aliphatic carbocycles. The van der Waals surface area contributed by atoms with Crippen LogP contribution in [0.25, 0.3) is 0 Å². The molecule has 0 aromatic heterocycles. The van der Waals surface area contributed by atoms with Gasteiger partial charge >= 0.3 is 5.97 Å². The zero-order valence-corrected chi connectivity index (χ0v) is 12.2. The number of hydrogen-bond acceptors (Lipinski definition) is 2. The molecular weight excluding hydrogens is 330 g/mol. The van der Waals surface area contributed by atoms with Crippen LogP contribution in [-0.2, 0) is 6.54 Å². The Labute approximate surface area is 124 Å². The molecule has 0 fully saturated rings. The number of carbonyl (C=O) groups is 1. The van der Waals surface area contributed by atoms with Crippen molar-refractivity contribution in [1.82, 2.24) is 0 Å². The molecule has 98 valence electrons. The summed E-state index contributed by atoms with van der Waals surface area (Å²) in [5.41, 5.74) is 1.92. The Morgan fingerprint density at radius 2 is 2.05 bits per heavy atom. The van der Waals surface area contributed by atoms with Crippen LogP contribution >= 0.6 is 27.5 Å². The summed E-state index contributed by atoms with van der Waals surface area (Å²) in [4.78, 5) is 11.0. The Morgan fingerprint density at radius 1 is 1.26 bits per heavy atom. The third-order valence-corrected chi connectivity index (χ3v) is 3.41. The van der Waals surface area contributed by atoms with E-state index in [2.05, 4.69) is 21.2 Å². The van der Waals surface area contributed by atoms with Gasteiger partial charge in [0.2, 0.25) is 0 Å². The van der Waals surface area contributed by atoms with E-state index in [1.54, 1.807) is 12.1 Å². The zero-order valence-electron chi connectivity index (χ0n) is 9.86. The maximum atomic E-state index is 11.0. The van der Waals surface area contributed by atoms with Crippen LogP contribution in [0.4, 0.5) is 5.69 Å². The van der Waals surface area contributed by atoms with E-state index in [9.17, 15) is 4.79 Å². The molecular formula is C14H11BrClNO2. The third-order valence-electron chi connectivity index (χ3n) is 2.58. The van der Waals surface area contributed by atoms with Crippen molar-refractivity contribution in [3.05, 3.63) is 63.1 Å². The number of rotatable bonds is 4. The largest absolute Gasteiger partial charge is 0.478 e. The summed E-state index contributed by atoms with van der Waals surface area (Å²) in [7, 11) is 0. The Hall–Kier alpha value is -1.52. The van der Waals surface area contributed by atoms with Gasteiger partial charge in [-0.15, -0.1) is 0 Å². The summed E-state index contributed by atoms with van der Waals surface area (Å²) >= 11 is 9.22. The van der Waals surface area contributed by atoms with Crippen molar-refractivity contribution < 1.29 is 9.90 Å². The Bertz CT molecular complexity index is 616. The molecule has 0 heterocycles. The van der Waals surface area contributed by atoms with E-state index in [0.717, 1.165) is 15.7 Å². The highest BCUT2D eigenvalue weighted by atomic mass is 79.9. The average molecular weight is 341 g/mol. The van der Waals surface area contributed by atoms with Crippen molar-refractivity contribution in [1.29, 1.82) is 0 Å². The van der Waals surface area contributed by atoms with Crippen molar-refractivity contribution in [2.24, 2.45) is 0 Å². The third kappa shape index (κ3) is 3.72. The Kier molecular flexibility index (Phi) is 4.45. The van der Waals surface area contributed by atoms with E-state index in [1.165, 1.54) is 6.07 Å². The highest BCUT2D eigenvalue weighted by Gasteiger charge is 2.09. The molecule has 2 rings (SSSR count). The molecule has 2 N–H and O–H groups in total. The van der Waals surface area contributed by atoms with Crippen LogP contribution < -0.4 is 5.32 Å². The number of halogens is 2. The van der Waals surface area contributed by atoms with Gasteiger partial charge in [0.25, 0.3) is 0 Å². The minimum Gasteiger partial charge on any atom is -0.478 e. The second kappa shape index (κ2) is 6.08. The zero-order chi connectivity index (χ0) is 13.8. The van der Waals surface area contributed by atoms with Gasteiger partial charge in [-0.3, -0.25) is 0 Å². The van der Waals surface area contributed by atoms with Gasteiger partial charge in [-0.1, -0.05) is 39.7 Å². The molecule has 5 heteroatoms. The molecule has 0 radical (unpaired) electrons. The Morgan fingerprint density at radius 3 is 2.74 bits per heavy atom. The maximum Gasteiger partial charge on any atom is 0.337 e. The first-order valence-corrected chi connectivity index (χ1v) is 6.74. The van der Waals surface area contributed by atoms with Crippen molar-refractivity contribution in [2.45, 2.75) is 6.54 Å². The molecule has 0 spiro atoms. The van der Waals surface area contributed by atoms with Crippen LogP contribution in [0.2, 0.25) is 5.02 Å². The lowest BCUT2D eigenvalue weighted by Gasteiger charge is -2.08. The number of nitrogens with one attached hydrogen (secondary N) is 1. The number of aromatic carboxylic acids is 1. The van der Waals surface area contributed by atoms with E-state index >= 15 is 0 Å². The standard InChI is InChI=1S/C14H11BrClNO2/c15-10-3-1-2-9(6-10)8-17-11-4-5-13(16)12(7-11)14(18)19/h1-7,17H,8H2,(H,18,19). The first-order valence-electron chi connectivity index (χ1n) is 5.57. The summed E-state index contributed by atoms with van der Waals surface area (Å²) in [5, 5.41) is 12.4. The molecule has 0 amide bonds. The lowest BCUT2D eigenvalue weighted by atomic mass is 10.2. The van der Waals surface area contributed by atoms with Crippen molar-refractivity contribution in [2.75, 3.05) is 5.32 Å². The van der Waals surface area contributed by atoms with Gasteiger partial charge < -0.3 is 10.4 Å². The minimum atomic E-state index is -1.03. The van der Waals surface area contributed by atoms with E-state index in [-0.39, 0.29) is 10.6 Å².